The molecule has 4 N–H and O–H groups in total. The molecule has 2 aromatic heterocycles. The minimum atomic E-state index is -1.26. The fourth-order valence-electron chi connectivity index (χ4n) is 1.83. The molecule has 0 atom stereocenters. The quantitative estimate of drug-likeness (QED) is 0.622. The summed E-state index contributed by atoms with van der Waals surface area (Å²) in [6, 6.07) is 9.42. The summed E-state index contributed by atoms with van der Waals surface area (Å²) in [4.78, 5) is 23.2. The largest absolute Gasteiger partial charge is 0.478 e. The minimum Gasteiger partial charge on any atom is -0.478 e. The average Bonchev–Trinajstić information content (AvgIpc) is 2.98. The summed E-state index contributed by atoms with van der Waals surface area (Å²) in [6.07, 6.45) is 4.46. The Morgan fingerprint density at radius 3 is 2.38 bits per heavy atom. The SMILES string of the molecule is Nc1ccncc1-c1noc2ccccc12.O=C(O)/C=C\C(=O)O. The van der Waals surface area contributed by atoms with Gasteiger partial charge in [-0.25, -0.2) is 9.59 Å². The van der Waals surface area contributed by atoms with Crippen molar-refractivity contribution in [3.05, 3.63) is 54.9 Å². The van der Waals surface area contributed by atoms with Crippen LogP contribution in [0.5, 0.6) is 0 Å². The van der Waals surface area contributed by atoms with Gasteiger partial charge in [-0.05, 0) is 18.2 Å². The molecule has 1 aromatic carbocycles. The Labute approximate surface area is 135 Å². The van der Waals surface area contributed by atoms with Crippen molar-refractivity contribution in [1.82, 2.24) is 10.1 Å². The first-order valence-corrected chi connectivity index (χ1v) is 6.67. The number of carbonyl (C=O) groups is 2. The first-order valence-electron chi connectivity index (χ1n) is 6.67. The Morgan fingerprint density at radius 1 is 1.08 bits per heavy atom. The maximum Gasteiger partial charge on any atom is 0.328 e. The molecule has 0 radical (unpaired) electrons. The van der Waals surface area contributed by atoms with E-state index in [9.17, 15) is 9.59 Å². The number of aliphatic carboxylic acids is 2. The molecule has 0 spiro atoms. The highest BCUT2D eigenvalue weighted by molar-refractivity contribution is 5.94. The van der Waals surface area contributed by atoms with Crippen LogP contribution in [0.4, 0.5) is 5.69 Å². The lowest BCUT2D eigenvalue weighted by molar-refractivity contribution is -0.134. The summed E-state index contributed by atoms with van der Waals surface area (Å²) >= 11 is 0. The van der Waals surface area contributed by atoms with Gasteiger partial charge in [-0.15, -0.1) is 0 Å². The highest BCUT2D eigenvalue weighted by atomic mass is 16.5. The number of benzene rings is 1. The molecule has 122 valence electrons. The summed E-state index contributed by atoms with van der Waals surface area (Å²) in [5, 5.41) is 20.6. The van der Waals surface area contributed by atoms with Crippen LogP contribution >= 0.6 is 0 Å². The highest BCUT2D eigenvalue weighted by Crippen LogP contribution is 2.30. The zero-order valence-electron chi connectivity index (χ0n) is 12.3. The number of rotatable bonds is 3. The van der Waals surface area contributed by atoms with Gasteiger partial charge in [0.15, 0.2) is 5.58 Å². The van der Waals surface area contributed by atoms with Gasteiger partial charge in [-0.3, -0.25) is 4.98 Å². The van der Waals surface area contributed by atoms with Crippen molar-refractivity contribution in [3.63, 3.8) is 0 Å². The van der Waals surface area contributed by atoms with Crippen LogP contribution < -0.4 is 5.73 Å². The van der Waals surface area contributed by atoms with Gasteiger partial charge >= 0.3 is 11.9 Å². The molecule has 0 aliphatic heterocycles. The van der Waals surface area contributed by atoms with Crippen LogP contribution in [-0.4, -0.2) is 32.3 Å². The molecule has 0 aliphatic carbocycles. The van der Waals surface area contributed by atoms with Crippen LogP contribution in [0.15, 0.2) is 59.4 Å². The molecule has 3 aromatic rings. The first kappa shape index (κ1) is 16.7. The number of hydrogen-bond acceptors (Lipinski definition) is 6. The molecule has 24 heavy (non-hydrogen) atoms. The Morgan fingerprint density at radius 2 is 1.75 bits per heavy atom. The molecule has 0 aliphatic rings. The zero-order chi connectivity index (χ0) is 17.5. The number of para-hydroxylation sites is 1. The molecular formula is C16H13N3O5. The van der Waals surface area contributed by atoms with Crippen LogP contribution in [-0.2, 0) is 9.59 Å². The van der Waals surface area contributed by atoms with Crippen LogP contribution in [0.1, 0.15) is 0 Å². The van der Waals surface area contributed by atoms with Crippen molar-refractivity contribution in [2.75, 3.05) is 5.73 Å². The normalized spacial score (nSPS) is 10.3. The second-order valence-corrected chi connectivity index (χ2v) is 4.50. The van der Waals surface area contributed by atoms with E-state index in [0.717, 1.165) is 22.2 Å². The molecule has 3 rings (SSSR count). The van der Waals surface area contributed by atoms with Gasteiger partial charge in [-0.2, -0.15) is 0 Å². The average molecular weight is 327 g/mol. The number of nitrogens with two attached hydrogens (primary N) is 1. The maximum absolute atomic E-state index is 9.55. The second-order valence-electron chi connectivity index (χ2n) is 4.50. The topological polar surface area (TPSA) is 140 Å². The standard InChI is InChI=1S/C12H9N3O.C4H4O4/c13-10-5-6-14-7-9(10)12-8-3-1-2-4-11(8)16-15-12;5-3(6)1-2-4(7)8/h1-7H,(H2,13,14);1-2H,(H,5,6)(H,7,8)/b;2-1-. The summed E-state index contributed by atoms with van der Waals surface area (Å²) < 4.78 is 5.23. The number of aromatic nitrogens is 2. The number of anilines is 1. The first-order chi connectivity index (χ1) is 11.5. The van der Waals surface area contributed by atoms with Gasteiger partial charge in [0.05, 0.1) is 0 Å². The third-order valence-electron chi connectivity index (χ3n) is 2.86. The number of nitrogen functional groups attached to an aromatic ring is 1. The zero-order valence-corrected chi connectivity index (χ0v) is 12.3. The molecule has 8 nitrogen and oxygen atoms in total. The molecule has 2 heterocycles. The van der Waals surface area contributed by atoms with Gasteiger partial charge in [0.2, 0.25) is 0 Å². The van der Waals surface area contributed by atoms with Crippen LogP contribution in [0.3, 0.4) is 0 Å². The van der Waals surface area contributed by atoms with E-state index in [2.05, 4.69) is 10.1 Å². The number of nitrogens with zero attached hydrogens (tertiary/aromatic N) is 2. The van der Waals surface area contributed by atoms with Crippen LogP contribution in [0.2, 0.25) is 0 Å². The summed E-state index contributed by atoms with van der Waals surface area (Å²) in [7, 11) is 0. The number of pyridine rings is 1. The maximum atomic E-state index is 9.55. The fourth-order valence-corrected chi connectivity index (χ4v) is 1.83. The van der Waals surface area contributed by atoms with E-state index in [-0.39, 0.29) is 0 Å². The lowest BCUT2D eigenvalue weighted by Crippen LogP contribution is -1.91. The predicted octanol–water partition coefficient (Wildman–Crippen LogP) is 2.18. The summed E-state index contributed by atoms with van der Waals surface area (Å²) in [5.41, 5.74) is 8.81. The van der Waals surface area contributed by atoms with Crippen molar-refractivity contribution >= 4 is 28.6 Å². The molecule has 0 saturated carbocycles. The third kappa shape index (κ3) is 4.17. The monoisotopic (exact) mass is 327 g/mol. The molecule has 0 bridgehead atoms. The highest BCUT2D eigenvalue weighted by Gasteiger charge is 2.11. The molecule has 0 amide bonds. The van der Waals surface area contributed by atoms with E-state index >= 15 is 0 Å². The lowest BCUT2D eigenvalue weighted by atomic mass is 10.1. The van der Waals surface area contributed by atoms with Crippen molar-refractivity contribution < 1.29 is 24.3 Å². The number of carboxylic acid groups (broad SMARTS) is 2. The Kier molecular flexibility index (Phi) is 5.24. The molecular weight excluding hydrogens is 314 g/mol. The van der Waals surface area contributed by atoms with Gasteiger partial charge in [0, 0.05) is 41.2 Å². The van der Waals surface area contributed by atoms with Gasteiger partial charge < -0.3 is 20.5 Å². The van der Waals surface area contributed by atoms with E-state index in [4.69, 9.17) is 20.5 Å². The second kappa shape index (κ2) is 7.54. The molecule has 0 unspecified atom stereocenters. The van der Waals surface area contributed by atoms with E-state index < -0.39 is 11.9 Å². The molecule has 0 fully saturated rings. The molecule has 8 heteroatoms. The van der Waals surface area contributed by atoms with Crippen LogP contribution in [0.25, 0.3) is 22.2 Å². The van der Waals surface area contributed by atoms with E-state index in [1.54, 1.807) is 18.5 Å². The smallest absolute Gasteiger partial charge is 0.328 e. The van der Waals surface area contributed by atoms with Crippen molar-refractivity contribution in [3.8, 4) is 11.3 Å². The Balaban J connectivity index is 0.000000224. The summed E-state index contributed by atoms with van der Waals surface area (Å²) in [5.74, 6) is -2.51. The van der Waals surface area contributed by atoms with Crippen molar-refractivity contribution in [1.29, 1.82) is 0 Å². The van der Waals surface area contributed by atoms with Crippen molar-refractivity contribution in [2.24, 2.45) is 0 Å². The van der Waals surface area contributed by atoms with Gasteiger partial charge in [-0.1, -0.05) is 17.3 Å². The predicted molar refractivity (Wildman–Crippen MR) is 86.1 cm³/mol. The molecule has 0 saturated heterocycles. The minimum absolute atomic E-state index is 0.558. The third-order valence-corrected chi connectivity index (χ3v) is 2.86. The van der Waals surface area contributed by atoms with Gasteiger partial charge in [0.1, 0.15) is 5.69 Å². The Hall–Kier alpha value is -3.68. The Bertz CT molecular complexity index is 885. The van der Waals surface area contributed by atoms with Crippen molar-refractivity contribution in [2.45, 2.75) is 0 Å². The van der Waals surface area contributed by atoms with E-state index in [0.29, 0.717) is 17.8 Å². The lowest BCUT2D eigenvalue weighted by Gasteiger charge is -1.99. The number of carboxylic acids is 2. The summed E-state index contributed by atoms with van der Waals surface area (Å²) in [6.45, 7) is 0. The van der Waals surface area contributed by atoms with E-state index in [1.807, 2.05) is 24.3 Å². The van der Waals surface area contributed by atoms with E-state index in [1.165, 1.54) is 0 Å². The fraction of sp³-hybridized carbons (Fsp3) is 0. The van der Waals surface area contributed by atoms with Gasteiger partial charge in [0.25, 0.3) is 0 Å². The van der Waals surface area contributed by atoms with Crippen LogP contribution in [0, 0.1) is 0 Å². The number of hydrogen-bond donors (Lipinski definition) is 3. The number of fused-ring (bicyclic) bond motifs is 1.